The van der Waals surface area contributed by atoms with E-state index in [0.29, 0.717) is 6.04 Å². The van der Waals surface area contributed by atoms with Crippen LogP contribution in [0.3, 0.4) is 0 Å². The molecule has 1 N–H and O–H groups in total. The molecule has 0 radical (unpaired) electrons. The molecule has 1 aromatic heterocycles. The van der Waals surface area contributed by atoms with Gasteiger partial charge in [0.1, 0.15) is 0 Å². The van der Waals surface area contributed by atoms with Crippen LogP contribution in [-0.2, 0) is 11.3 Å². The lowest BCUT2D eigenvalue weighted by Crippen LogP contribution is -2.44. The van der Waals surface area contributed by atoms with Crippen LogP contribution in [0.15, 0.2) is 12.3 Å². The molecule has 2 rings (SSSR count). The summed E-state index contributed by atoms with van der Waals surface area (Å²) >= 11 is 0. The number of carboxylic acid groups (broad SMARTS) is 1. The third-order valence-electron chi connectivity index (χ3n) is 4.66. The van der Waals surface area contributed by atoms with E-state index in [1.54, 1.807) is 0 Å². The summed E-state index contributed by atoms with van der Waals surface area (Å²) in [6, 6.07) is 2.44. The smallest absolute Gasteiger partial charge is 0.309 e. The molecule has 1 atom stereocenters. The molecule has 2 heterocycles. The first-order valence-electron chi connectivity index (χ1n) is 7.80. The normalized spacial score (nSPS) is 20.9. The number of carboxylic acids is 1. The van der Waals surface area contributed by atoms with Crippen molar-refractivity contribution in [2.45, 2.75) is 53.1 Å². The second-order valence-corrected chi connectivity index (χ2v) is 6.98. The first kappa shape index (κ1) is 16.0. The highest BCUT2D eigenvalue weighted by atomic mass is 16.4. The molecule has 0 bridgehead atoms. The average Bonchev–Trinajstić information content (AvgIpc) is 2.87. The molecule has 21 heavy (non-hydrogen) atoms. The molecule has 118 valence electrons. The van der Waals surface area contributed by atoms with Crippen molar-refractivity contribution in [3.8, 4) is 0 Å². The highest BCUT2D eigenvalue weighted by Gasteiger charge is 2.39. The van der Waals surface area contributed by atoms with Gasteiger partial charge in [0.15, 0.2) is 0 Å². The molecule has 0 aromatic carbocycles. The summed E-state index contributed by atoms with van der Waals surface area (Å²) in [5.41, 5.74) is 0.410. The van der Waals surface area contributed by atoms with E-state index in [-0.39, 0.29) is 5.92 Å². The van der Waals surface area contributed by atoms with Crippen LogP contribution in [-0.4, -0.2) is 38.8 Å². The molecule has 0 spiro atoms. The van der Waals surface area contributed by atoms with Crippen molar-refractivity contribution in [3.05, 3.63) is 18.0 Å². The zero-order valence-electron chi connectivity index (χ0n) is 13.5. The fourth-order valence-electron chi connectivity index (χ4n) is 2.94. The molecular weight excluding hydrogens is 266 g/mol. The van der Waals surface area contributed by atoms with E-state index in [4.69, 9.17) is 0 Å². The Labute approximate surface area is 126 Å². The summed E-state index contributed by atoms with van der Waals surface area (Å²) in [4.78, 5) is 13.8. The summed E-state index contributed by atoms with van der Waals surface area (Å²) in [5.74, 6) is -0.491. The van der Waals surface area contributed by atoms with E-state index in [0.717, 1.165) is 38.2 Å². The number of aromatic nitrogens is 2. The zero-order valence-corrected chi connectivity index (χ0v) is 13.5. The molecule has 1 saturated heterocycles. The monoisotopic (exact) mass is 293 g/mol. The van der Waals surface area contributed by atoms with Gasteiger partial charge in [0.2, 0.25) is 0 Å². The lowest BCUT2D eigenvalue weighted by Gasteiger charge is -2.39. The number of nitrogens with zero attached hydrogens (tertiary/aromatic N) is 3. The van der Waals surface area contributed by atoms with Crippen molar-refractivity contribution in [1.29, 1.82) is 0 Å². The second-order valence-electron chi connectivity index (χ2n) is 6.98. The van der Waals surface area contributed by atoms with Crippen molar-refractivity contribution in [2.24, 2.45) is 11.3 Å². The lowest BCUT2D eigenvalue weighted by atomic mass is 9.74. The Bertz CT molecular complexity index is 493. The van der Waals surface area contributed by atoms with Gasteiger partial charge in [0, 0.05) is 25.3 Å². The van der Waals surface area contributed by atoms with E-state index in [1.807, 2.05) is 24.7 Å². The summed E-state index contributed by atoms with van der Waals surface area (Å²) in [7, 11) is 0. The lowest BCUT2D eigenvalue weighted by molar-refractivity contribution is -0.151. The Morgan fingerprint density at radius 3 is 2.81 bits per heavy atom. The quantitative estimate of drug-likeness (QED) is 0.907. The molecule has 1 aliphatic heterocycles. The van der Waals surface area contributed by atoms with Crippen LogP contribution in [0, 0.1) is 11.3 Å². The maximum Gasteiger partial charge on any atom is 0.309 e. The van der Waals surface area contributed by atoms with Crippen molar-refractivity contribution >= 4 is 5.97 Å². The molecule has 1 aromatic rings. The molecule has 1 aliphatic rings. The second kappa shape index (κ2) is 6.18. The summed E-state index contributed by atoms with van der Waals surface area (Å²) in [6.45, 7) is 10.6. The fourth-order valence-corrected chi connectivity index (χ4v) is 2.94. The summed E-state index contributed by atoms with van der Waals surface area (Å²) in [6.07, 6.45) is 4.07. The van der Waals surface area contributed by atoms with Crippen LogP contribution < -0.4 is 0 Å². The van der Waals surface area contributed by atoms with E-state index < -0.39 is 11.4 Å². The molecular formula is C16H27N3O2. The Kier molecular flexibility index (Phi) is 4.71. The van der Waals surface area contributed by atoms with Crippen molar-refractivity contribution in [3.63, 3.8) is 0 Å². The average molecular weight is 293 g/mol. The molecule has 0 aliphatic carbocycles. The Balaban J connectivity index is 1.99. The van der Waals surface area contributed by atoms with E-state index >= 15 is 0 Å². The molecule has 0 saturated carbocycles. The van der Waals surface area contributed by atoms with Crippen LogP contribution in [0.1, 0.15) is 52.3 Å². The third-order valence-corrected chi connectivity index (χ3v) is 4.66. The predicted molar refractivity (Wildman–Crippen MR) is 82.0 cm³/mol. The summed E-state index contributed by atoms with van der Waals surface area (Å²) in [5, 5.41) is 14.0. The number of rotatable bonds is 5. The number of aliphatic carboxylic acids is 1. The first-order valence-corrected chi connectivity index (χ1v) is 7.80. The van der Waals surface area contributed by atoms with Gasteiger partial charge in [-0.15, -0.1) is 0 Å². The standard InChI is InChI=1S/C16H27N3O2/c1-12(2)19-9-7-14(17-19)11-18-8-5-6-13(10-18)16(3,4)15(20)21/h7,9,12-13H,5-6,8,10-11H2,1-4H3,(H,20,21). The van der Waals surface area contributed by atoms with E-state index in [9.17, 15) is 9.90 Å². The molecule has 0 amide bonds. The van der Waals surface area contributed by atoms with Gasteiger partial charge in [-0.25, -0.2) is 0 Å². The van der Waals surface area contributed by atoms with Crippen molar-refractivity contribution < 1.29 is 9.90 Å². The zero-order chi connectivity index (χ0) is 15.6. The highest BCUT2D eigenvalue weighted by Crippen LogP contribution is 2.34. The minimum Gasteiger partial charge on any atom is -0.481 e. The number of likely N-dealkylation sites (tertiary alicyclic amines) is 1. The van der Waals surface area contributed by atoms with Gasteiger partial charge >= 0.3 is 5.97 Å². The predicted octanol–water partition coefficient (Wildman–Crippen LogP) is 2.79. The number of carbonyl (C=O) groups is 1. The van der Waals surface area contributed by atoms with Crippen LogP contribution in [0.25, 0.3) is 0 Å². The molecule has 1 fully saturated rings. The van der Waals surface area contributed by atoms with Gasteiger partial charge in [-0.3, -0.25) is 14.4 Å². The number of hydrogen-bond acceptors (Lipinski definition) is 3. The Hall–Kier alpha value is -1.36. The van der Waals surface area contributed by atoms with Gasteiger partial charge in [-0.05, 0) is 59.1 Å². The maximum atomic E-state index is 11.4. The van der Waals surface area contributed by atoms with Gasteiger partial charge in [-0.1, -0.05) is 0 Å². The van der Waals surface area contributed by atoms with Gasteiger partial charge < -0.3 is 5.11 Å². The number of hydrogen-bond donors (Lipinski definition) is 1. The van der Waals surface area contributed by atoms with Crippen LogP contribution in [0.2, 0.25) is 0 Å². The molecule has 5 heteroatoms. The maximum absolute atomic E-state index is 11.4. The van der Waals surface area contributed by atoms with E-state index in [2.05, 4.69) is 29.9 Å². The van der Waals surface area contributed by atoms with E-state index in [1.165, 1.54) is 0 Å². The van der Waals surface area contributed by atoms with Gasteiger partial charge in [-0.2, -0.15) is 5.10 Å². The molecule has 5 nitrogen and oxygen atoms in total. The topological polar surface area (TPSA) is 58.4 Å². The van der Waals surface area contributed by atoms with Gasteiger partial charge in [0.05, 0.1) is 11.1 Å². The molecule has 1 unspecified atom stereocenters. The number of piperidine rings is 1. The third kappa shape index (κ3) is 3.64. The van der Waals surface area contributed by atoms with Crippen LogP contribution >= 0.6 is 0 Å². The van der Waals surface area contributed by atoms with Gasteiger partial charge in [0.25, 0.3) is 0 Å². The minimum absolute atomic E-state index is 0.205. The highest BCUT2D eigenvalue weighted by molar-refractivity contribution is 5.74. The minimum atomic E-state index is -0.696. The van der Waals surface area contributed by atoms with Crippen LogP contribution in [0.5, 0.6) is 0 Å². The Morgan fingerprint density at radius 1 is 1.52 bits per heavy atom. The largest absolute Gasteiger partial charge is 0.481 e. The first-order chi connectivity index (χ1) is 9.80. The van der Waals surface area contributed by atoms with Crippen LogP contribution in [0.4, 0.5) is 0 Å². The SMILES string of the molecule is CC(C)n1ccc(CN2CCCC(C(C)(C)C(=O)O)C2)n1. The fraction of sp³-hybridized carbons (Fsp3) is 0.750. The Morgan fingerprint density at radius 2 is 2.24 bits per heavy atom. The van der Waals surface area contributed by atoms with Crippen molar-refractivity contribution in [1.82, 2.24) is 14.7 Å². The summed E-state index contributed by atoms with van der Waals surface area (Å²) < 4.78 is 1.97. The van der Waals surface area contributed by atoms with Crippen molar-refractivity contribution in [2.75, 3.05) is 13.1 Å².